The SMILES string of the molecule is Cc1c[nH]c2ncc3c(O)n([C@@H](C(=O)N4CC(C#N)C4)C(C)C)cc1c23. The fourth-order valence-corrected chi connectivity index (χ4v) is 3.76. The number of carbonyl (C=O) groups is 1. The van der Waals surface area contributed by atoms with Gasteiger partial charge in [-0.15, -0.1) is 0 Å². The van der Waals surface area contributed by atoms with Gasteiger partial charge in [0, 0.05) is 42.5 Å². The highest BCUT2D eigenvalue weighted by molar-refractivity contribution is 6.10. The Morgan fingerprint density at radius 3 is 2.81 bits per heavy atom. The molecule has 3 aromatic rings. The van der Waals surface area contributed by atoms with Crippen LogP contribution < -0.4 is 0 Å². The molecule has 3 aromatic heterocycles. The highest BCUT2D eigenvalue weighted by atomic mass is 16.3. The molecular weight excluding hydrogens is 330 g/mol. The van der Waals surface area contributed by atoms with Gasteiger partial charge in [-0.05, 0) is 18.4 Å². The minimum Gasteiger partial charge on any atom is -0.494 e. The second-order valence-corrected chi connectivity index (χ2v) is 7.40. The lowest BCUT2D eigenvalue weighted by atomic mass is 9.96. The number of carbonyl (C=O) groups excluding carboxylic acids is 1. The number of pyridine rings is 2. The molecule has 0 aromatic carbocycles. The Balaban J connectivity index is 1.85. The zero-order valence-electron chi connectivity index (χ0n) is 15.0. The van der Waals surface area contributed by atoms with Crippen LogP contribution in [0.15, 0.2) is 18.6 Å². The van der Waals surface area contributed by atoms with Crippen molar-refractivity contribution in [2.75, 3.05) is 13.1 Å². The second-order valence-electron chi connectivity index (χ2n) is 7.40. The van der Waals surface area contributed by atoms with Gasteiger partial charge in [-0.2, -0.15) is 5.26 Å². The Morgan fingerprint density at radius 1 is 1.42 bits per heavy atom. The number of aryl methyl sites for hydroxylation is 1. The van der Waals surface area contributed by atoms with Gasteiger partial charge in [0.15, 0.2) is 0 Å². The van der Waals surface area contributed by atoms with Gasteiger partial charge in [0.05, 0.1) is 17.4 Å². The molecule has 1 aliphatic rings. The Labute approximate surface area is 150 Å². The standard InChI is InChI=1S/C19H21N5O2/c1-10(2)16(19(26)23-7-12(4-20)8-23)24-9-14-11(3)5-21-17-15(14)13(6-22-17)18(24)25/h5-6,9-10,12,16,21,25H,7-8H2,1-3H3/t16-/m1/s1. The van der Waals surface area contributed by atoms with Crippen LogP contribution in [0.2, 0.25) is 0 Å². The lowest BCUT2D eigenvalue weighted by Crippen LogP contribution is -2.52. The monoisotopic (exact) mass is 351 g/mol. The van der Waals surface area contributed by atoms with Crippen molar-refractivity contribution in [3.8, 4) is 11.9 Å². The Bertz CT molecular complexity index is 1050. The molecule has 1 fully saturated rings. The molecule has 0 aliphatic carbocycles. The van der Waals surface area contributed by atoms with Crippen molar-refractivity contribution >= 4 is 27.7 Å². The van der Waals surface area contributed by atoms with Gasteiger partial charge in [-0.25, -0.2) is 4.98 Å². The number of rotatable bonds is 3. The third-order valence-corrected chi connectivity index (χ3v) is 5.26. The fourth-order valence-electron chi connectivity index (χ4n) is 3.76. The molecule has 0 spiro atoms. The van der Waals surface area contributed by atoms with Crippen molar-refractivity contribution in [3.05, 3.63) is 24.2 Å². The average molecular weight is 351 g/mol. The number of H-pyrrole nitrogens is 1. The minimum absolute atomic E-state index is 0.0161. The quantitative estimate of drug-likeness (QED) is 0.758. The molecule has 0 bridgehead atoms. The van der Waals surface area contributed by atoms with Gasteiger partial charge in [0.25, 0.3) is 0 Å². The third-order valence-electron chi connectivity index (χ3n) is 5.26. The van der Waals surface area contributed by atoms with E-state index in [-0.39, 0.29) is 23.6 Å². The number of aromatic nitrogens is 3. The summed E-state index contributed by atoms with van der Waals surface area (Å²) in [7, 11) is 0. The average Bonchev–Trinajstić information content (AvgIpc) is 2.98. The number of amides is 1. The lowest BCUT2D eigenvalue weighted by molar-refractivity contribution is -0.141. The molecule has 1 atom stereocenters. The van der Waals surface area contributed by atoms with Gasteiger partial charge in [0.1, 0.15) is 11.7 Å². The molecule has 7 nitrogen and oxygen atoms in total. The number of likely N-dealkylation sites (tertiary alicyclic amines) is 1. The number of aromatic amines is 1. The maximum absolute atomic E-state index is 13.1. The van der Waals surface area contributed by atoms with E-state index in [2.05, 4.69) is 16.0 Å². The predicted molar refractivity (Wildman–Crippen MR) is 97.5 cm³/mol. The van der Waals surface area contributed by atoms with E-state index in [1.54, 1.807) is 15.7 Å². The van der Waals surface area contributed by atoms with Crippen LogP contribution in [0, 0.1) is 30.1 Å². The van der Waals surface area contributed by atoms with Gasteiger partial charge >= 0.3 is 0 Å². The first-order valence-corrected chi connectivity index (χ1v) is 8.77. The normalized spacial score (nSPS) is 16.2. The van der Waals surface area contributed by atoms with Crippen LogP contribution in [-0.2, 0) is 4.79 Å². The van der Waals surface area contributed by atoms with Crippen molar-refractivity contribution in [2.45, 2.75) is 26.8 Å². The summed E-state index contributed by atoms with van der Waals surface area (Å²) >= 11 is 0. The van der Waals surface area contributed by atoms with Crippen molar-refractivity contribution in [1.29, 1.82) is 5.26 Å². The lowest BCUT2D eigenvalue weighted by Gasteiger charge is -2.39. The Kier molecular flexibility index (Phi) is 3.65. The molecule has 4 heterocycles. The Hall–Kier alpha value is -3.01. The number of nitrogens with zero attached hydrogens (tertiary/aromatic N) is 4. The first-order valence-electron chi connectivity index (χ1n) is 8.77. The van der Waals surface area contributed by atoms with Crippen LogP contribution in [-0.4, -0.2) is 43.5 Å². The highest BCUT2D eigenvalue weighted by Gasteiger charge is 2.37. The summed E-state index contributed by atoms with van der Waals surface area (Å²) in [6, 6.07) is 1.66. The van der Waals surface area contributed by atoms with Crippen LogP contribution in [0.25, 0.3) is 21.8 Å². The van der Waals surface area contributed by atoms with E-state index in [0.29, 0.717) is 18.5 Å². The van der Waals surface area contributed by atoms with E-state index < -0.39 is 6.04 Å². The molecule has 0 radical (unpaired) electrons. The topological polar surface area (TPSA) is 97.9 Å². The largest absolute Gasteiger partial charge is 0.494 e. The fraction of sp³-hybridized carbons (Fsp3) is 0.421. The zero-order chi connectivity index (χ0) is 18.6. The van der Waals surface area contributed by atoms with Gasteiger partial charge in [-0.3, -0.25) is 4.79 Å². The van der Waals surface area contributed by atoms with Crippen LogP contribution >= 0.6 is 0 Å². The molecule has 134 valence electrons. The first-order chi connectivity index (χ1) is 12.4. The molecule has 1 aliphatic heterocycles. The van der Waals surface area contributed by atoms with Crippen LogP contribution in [0.3, 0.4) is 0 Å². The number of nitriles is 1. The summed E-state index contributed by atoms with van der Waals surface area (Å²) in [4.78, 5) is 22.2. The van der Waals surface area contributed by atoms with Crippen molar-refractivity contribution in [1.82, 2.24) is 19.4 Å². The van der Waals surface area contributed by atoms with Crippen molar-refractivity contribution in [3.63, 3.8) is 0 Å². The van der Waals surface area contributed by atoms with E-state index in [1.165, 1.54) is 0 Å². The predicted octanol–water partition coefficient (Wildman–Crippen LogP) is 2.71. The number of hydrogen-bond donors (Lipinski definition) is 2. The van der Waals surface area contributed by atoms with Crippen molar-refractivity contribution < 1.29 is 9.90 Å². The summed E-state index contributed by atoms with van der Waals surface area (Å²) in [6.45, 7) is 6.83. The molecule has 0 saturated carbocycles. The zero-order valence-corrected chi connectivity index (χ0v) is 15.0. The first kappa shape index (κ1) is 16.5. The summed E-state index contributed by atoms with van der Waals surface area (Å²) in [5.41, 5.74) is 1.74. The van der Waals surface area contributed by atoms with Crippen LogP contribution in [0.1, 0.15) is 25.5 Å². The second kappa shape index (κ2) is 5.77. The van der Waals surface area contributed by atoms with Crippen LogP contribution in [0.4, 0.5) is 0 Å². The minimum atomic E-state index is -0.531. The van der Waals surface area contributed by atoms with Crippen molar-refractivity contribution in [2.24, 2.45) is 11.8 Å². The summed E-state index contributed by atoms with van der Waals surface area (Å²) < 4.78 is 1.67. The molecule has 0 unspecified atom stereocenters. The molecule has 7 heteroatoms. The van der Waals surface area contributed by atoms with E-state index in [4.69, 9.17) is 5.26 Å². The summed E-state index contributed by atoms with van der Waals surface area (Å²) in [5.74, 6) is -0.123. The van der Waals surface area contributed by atoms with Gasteiger partial charge in [-0.1, -0.05) is 13.8 Å². The molecule has 4 rings (SSSR count). The molecule has 1 saturated heterocycles. The molecule has 26 heavy (non-hydrogen) atoms. The van der Waals surface area contributed by atoms with Gasteiger partial charge in [0.2, 0.25) is 11.8 Å². The number of hydrogen-bond acceptors (Lipinski definition) is 4. The maximum Gasteiger partial charge on any atom is 0.246 e. The van der Waals surface area contributed by atoms with Gasteiger partial charge < -0.3 is 19.6 Å². The molecule has 1 amide bonds. The van der Waals surface area contributed by atoms with E-state index in [9.17, 15) is 9.90 Å². The van der Waals surface area contributed by atoms with E-state index in [1.807, 2.05) is 33.2 Å². The molecule has 2 N–H and O–H groups in total. The third kappa shape index (κ3) is 2.25. The maximum atomic E-state index is 13.1. The Morgan fingerprint density at radius 2 is 2.15 bits per heavy atom. The smallest absolute Gasteiger partial charge is 0.246 e. The summed E-state index contributed by atoms with van der Waals surface area (Å²) in [6.07, 6.45) is 5.36. The summed E-state index contributed by atoms with van der Waals surface area (Å²) in [5, 5.41) is 22.3. The number of nitrogens with one attached hydrogen (secondary N) is 1. The van der Waals surface area contributed by atoms with E-state index >= 15 is 0 Å². The molecular formula is C19H21N5O2. The van der Waals surface area contributed by atoms with E-state index in [0.717, 1.165) is 22.0 Å². The van der Waals surface area contributed by atoms with Crippen LogP contribution in [0.5, 0.6) is 5.88 Å². The number of aromatic hydroxyl groups is 1. The highest BCUT2D eigenvalue weighted by Crippen LogP contribution is 2.37.